The minimum atomic E-state index is -1.18. The van der Waals surface area contributed by atoms with E-state index in [9.17, 15) is 14.4 Å². The summed E-state index contributed by atoms with van der Waals surface area (Å²) in [7, 11) is 4.22. The van der Waals surface area contributed by atoms with Crippen molar-refractivity contribution in [2.75, 3.05) is 21.3 Å². The Balaban J connectivity index is 2.03. The summed E-state index contributed by atoms with van der Waals surface area (Å²) in [6, 6.07) is 11.3. The molecule has 2 N–H and O–H groups in total. The predicted octanol–water partition coefficient (Wildman–Crippen LogP) is 1.72. The van der Waals surface area contributed by atoms with Crippen LogP contribution >= 0.6 is 0 Å². The second-order valence-corrected chi connectivity index (χ2v) is 5.74. The molecule has 0 aromatic heterocycles. The first-order valence-electron chi connectivity index (χ1n) is 8.58. The molecule has 0 radical (unpaired) electrons. The van der Waals surface area contributed by atoms with E-state index < -0.39 is 23.9 Å². The topological polar surface area (TPSA) is 112 Å². The molecule has 0 unspecified atom stereocenters. The molecule has 2 aromatic rings. The van der Waals surface area contributed by atoms with Crippen LogP contribution in [0.3, 0.4) is 0 Å². The Kier molecular flexibility index (Phi) is 7.41. The monoisotopic (exact) mass is 402 g/mol. The number of ether oxygens (including phenoxy) is 4. The van der Waals surface area contributed by atoms with Crippen LogP contribution in [0.4, 0.5) is 0 Å². The summed E-state index contributed by atoms with van der Waals surface area (Å²) in [6.45, 7) is 1.37. The molecule has 0 fully saturated rings. The molecular weight excluding hydrogens is 380 g/mol. The highest BCUT2D eigenvalue weighted by Crippen LogP contribution is 2.40. The van der Waals surface area contributed by atoms with Gasteiger partial charge >= 0.3 is 5.97 Å². The normalized spacial score (nSPS) is 11.0. The lowest BCUT2D eigenvalue weighted by molar-refractivity contribution is -0.129. The second-order valence-electron chi connectivity index (χ2n) is 5.74. The minimum absolute atomic E-state index is 0.0538. The fourth-order valence-corrected chi connectivity index (χ4v) is 2.42. The summed E-state index contributed by atoms with van der Waals surface area (Å²) in [5, 5.41) is 0. The molecule has 2 rings (SSSR count). The molecule has 0 aliphatic heterocycles. The molecule has 0 bridgehead atoms. The molecule has 1 atom stereocenters. The average molecular weight is 402 g/mol. The van der Waals surface area contributed by atoms with Crippen molar-refractivity contribution >= 4 is 17.8 Å². The maximum Gasteiger partial charge on any atom is 0.342 e. The van der Waals surface area contributed by atoms with Crippen LogP contribution < -0.4 is 25.1 Å². The van der Waals surface area contributed by atoms with Gasteiger partial charge in [-0.2, -0.15) is 0 Å². The lowest BCUT2D eigenvalue weighted by atomic mass is 10.1. The van der Waals surface area contributed by atoms with Crippen molar-refractivity contribution in [1.82, 2.24) is 10.9 Å². The van der Waals surface area contributed by atoms with Gasteiger partial charge in [-0.1, -0.05) is 18.2 Å². The number of nitrogens with one attached hydrogen (secondary N) is 2. The van der Waals surface area contributed by atoms with Gasteiger partial charge in [-0.05, 0) is 31.2 Å². The van der Waals surface area contributed by atoms with Gasteiger partial charge < -0.3 is 18.9 Å². The number of esters is 1. The van der Waals surface area contributed by atoms with Crippen molar-refractivity contribution in [3.05, 3.63) is 53.6 Å². The van der Waals surface area contributed by atoms with Crippen molar-refractivity contribution in [3.8, 4) is 17.2 Å². The Morgan fingerprint density at radius 3 is 2.07 bits per heavy atom. The first kappa shape index (κ1) is 21.5. The molecule has 0 saturated heterocycles. The first-order valence-corrected chi connectivity index (χ1v) is 8.58. The summed E-state index contributed by atoms with van der Waals surface area (Å²) >= 11 is 0. The van der Waals surface area contributed by atoms with Gasteiger partial charge in [-0.15, -0.1) is 0 Å². The van der Waals surface area contributed by atoms with Crippen molar-refractivity contribution in [2.45, 2.75) is 13.0 Å². The van der Waals surface area contributed by atoms with E-state index in [0.29, 0.717) is 11.3 Å². The van der Waals surface area contributed by atoms with Crippen molar-refractivity contribution in [2.24, 2.45) is 0 Å². The summed E-state index contributed by atoms with van der Waals surface area (Å²) in [4.78, 5) is 36.6. The number of benzene rings is 2. The van der Waals surface area contributed by atoms with E-state index in [1.54, 1.807) is 30.3 Å². The molecule has 9 nitrogen and oxygen atoms in total. The standard InChI is InChI=1S/C20H22N2O7/c1-12(18(23)21-22-19(24)13-8-6-5-7-9-13)29-20(25)14-10-11-15(26-2)17(28-4)16(14)27-3/h5-12H,1-4H3,(H,21,23)(H,22,24)/t12-/m0/s1. The van der Waals surface area contributed by atoms with Gasteiger partial charge in [0.15, 0.2) is 17.6 Å². The van der Waals surface area contributed by atoms with Gasteiger partial charge in [0, 0.05) is 5.56 Å². The number of carbonyl (C=O) groups is 3. The number of rotatable bonds is 7. The van der Waals surface area contributed by atoms with Gasteiger partial charge in [0.25, 0.3) is 11.8 Å². The van der Waals surface area contributed by atoms with Crippen LogP contribution in [0, 0.1) is 0 Å². The summed E-state index contributed by atoms with van der Waals surface area (Å²) in [5.74, 6) is -1.31. The van der Waals surface area contributed by atoms with E-state index in [0.717, 1.165) is 0 Å². The third kappa shape index (κ3) is 5.16. The van der Waals surface area contributed by atoms with Crippen LogP contribution in [0.5, 0.6) is 17.2 Å². The number of methoxy groups -OCH3 is 3. The summed E-state index contributed by atoms with van der Waals surface area (Å²) in [6.07, 6.45) is -1.18. The molecule has 0 saturated carbocycles. The molecule has 154 valence electrons. The summed E-state index contributed by atoms with van der Waals surface area (Å²) < 4.78 is 20.8. The Morgan fingerprint density at radius 1 is 0.828 bits per heavy atom. The molecular formula is C20H22N2O7. The maximum absolute atomic E-state index is 12.5. The Bertz CT molecular complexity index is 884. The van der Waals surface area contributed by atoms with E-state index in [-0.39, 0.29) is 17.1 Å². The number of carbonyl (C=O) groups excluding carboxylic acids is 3. The van der Waals surface area contributed by atoms with E-state index in [1.165, 1.54) is 40.4 Å². The van der Waals surface area contributed by atoms with Crippen LogP contribution in [0.1, 0.15) is 27.6 Å². The Morgan fingerprint density at radius 2 is 1.48 bits per heavy atom. The molecule has 0 heterocycles. The maximum atomic E-state index is 12.5. The van der Waals surface area contributed by atoms with Crippen LogP contribution in [0.2, 0.25) is 0 Å². The number of amides is 2. The third-order valence-electron chi connectivity index (χ3n) is 3.91. The van der Waals surface area contributed by atoms with Gasteiger partial charge in [-0.3, -0.25) is 20.4 Å². The van der Waals surface area contributed by atoms with Crippen molar-refractivity contribution in [1.29, 1.82) is 0 Å². The Labute approximate surface area is 167 Å². The van der Waals surface area contributed by atoms with Crippen molar-refractivity contribution in [3.63, 3.8) is 0 Å². The summed E-state index contributed by atoms with van der Waals surface area (Å²) in [5.41, 5.74) is 4.89. The molecule has 2 aromatic carbocycles. The molecule has 2 amide bonds. The van der Waals surface area contributed by atoms with Crippen LogP contribution in [0.25, 0.3) is 0 Å². The van der Waals surface area contributed by atoms with Crippen molar-refractivity contribution < 1.29 is 33.3 Å². The smallest absolute Gasteiger partial charge is 0.342 e. The molecule has 29 heavy (non-hydrogen) atoms. The zero-order valence-electron chi connectivity index (χ0n) is 16.5. The number of hydrogen-bond donors (Lipinski definition) is 2. The third-order valence-corrected chi connectivity index (χ3v) is 3.91. The SMILES string of the molecule is COc1ccc(C(=O)O[C@@H](C)C(=O)NNC(=O)c2ccccc2)c(OC)c1OC. The largest absolute Gasteiger partial charge is 0.493 e. The highest BCUT2D eigenvalue weighted by atomic mass is 16.6. The fourth-order valence-electron chi connectivity index (χ4n) is 2.42. The van der Waals surface area contributed by atoms with Gasteiger partial charge in [0.1, 0.15) is 5.56 Å². The van der Waals surface area contributed by atoms with Gasteiger partial charge in [0.05, 0.1) is 21.3 Å². The number of hydrogen-bond acceptors (Lipinski definition) is 7. The molecule has 9 heteroatoms. The molecule has 0 spiro atoms. The lowest BCUT2D eigenvalue weighted by Crippen LogP contribution is -2.46. The highest BCUT2D eigenvalue weighted by molar-refractivity contribution is 5.97. The van der Waals surface area contributed by atoms with Gasteiger partial charge in [0.2, 0.25) is 5.75 Å². The average Bonchev–Trinajstić information content (AvgIpc) is 2.76. The molecule has 0 aliphatic carbocycles. The quantitative estimate of drug-likeness (QED) is 0.536. The number of hydrazine groups is 1. The van der Waals surface area contributed by atoms with Gasteiger partial charge in [-0.25, -0.2) is 4.79 Å². The lowest BCUT2D eigenvalue weighted by Gasteiger charge is -2.17. The zero-order valence-corrected chi connectivity index (χ0v) is 16.5. The Hall–Kier alpha value is -3.75. The predicted molar refractivity (Wildman–Crippen MR) is 103 cm³/mol. The van der Waals surface area contributed by atoms with Crippen LogP contribution in [-0.4, -0.2) is 45.2 Å². The van der Waals surface area contributed by atoms with Crippen LogP contribution in [0.15, 0.2) is 42.5 Å². The van der Waals surface area contributed by atoms with Crippen LogP contribution in [-0.2, 0) is 9.53 Å². The minimum Gasteiger partial charge on any atom is -0.493 e. The zero-order chi connectivity index (χ0) is 21.4. The fraction of sp³-hybridized carbons (Fsp3) is 0.250. The first-order chi connectivity index (χ1) is 13.9. The van der Waals surface area contributed by atoms with E-state index in [1.807, 2.05) is 0 Å². The van der Waals surface area contributed by atoms with E-state index in [2.05, 4.69) is 10.9 Å². The van der Waals surface area contributed by atoms with E-state index >= 15 is 0 Å². The second kappa shape index (κ2) is 9.98. The highest BCUT2D eigenvalue weighted by Gasteiger charge is 2.25. The van der Waals surface area contributed by atoms with E-state index in [4.69, 9.17) is 18.9 Å². The molecule has 0 aliphatic rings.